The molecule has 0 aromatic heterocycles. The van der Waals surface area contributed by atoms with Gasteiger partial charge in [-0.15, -0.1) is 0 Å². The summed E-state index contributed by atoms with van der Waals surface area (Å²) >= 11 is 4.92. The third-order valence-corrected chi connectivity index (χ3v) is 7.24. The van der Waals surface area contributed by atoms with E-state index in [1.807, 2.05) is 0 Å². The second-order valence-electron chi connectivity index (χ2n) is 11.3. The molecule has 0 bridgehead atoms. The van der Waals surface area contributed by atoms with Crippen LogP contribution < -0.4 is 14.2 Å². The molecule has 0 aliphatic carbocycles. The largest absolute Gasteiger partial charge is 0.519 e. The molecule has 18 heteroatoms. The van der Waals surface area contributed by atoms with E-state index >= 15 is 0 Å². The number of non-ortho nitro benzene ring substituents is 2. The minimum atomic E-state index is -0.978. The Bertz CT molecular complexity index is 1940. The molecule has 1 N–H and O–H groups in total. The van der Waals surface area contributed by atoms with Gasteiger partial charge < -0.3 is 33.5 Å². The highest BCUT2D eigenvalue weighted by molar-refractivity contribution is 6.61. The van der Waals surface area contributed by atoms with Crippen molar-refractivity contribution in [1.82, 2.24) is 0 Å². The quantitative estimate of drug-likeness (QED) is 0.0561. The summed E-state index contributed by atoms with van der Waals surface area (Å²) in [6.07, 6.45) is 1.94. The predicted octanol–water partition coefficient (Wildman–Crippen LogP) is 7.74. The molecule has 5 rings (SSSR count). The van der Waals surface area contributed by atoms with E-state index in [9.17, 15) is 44.5 Å². The van der Waals surface area contributed by atoms with Crippen molar-refractivity contribution in [2.75, 3.05) is 27.4 Å². The molecule has 1 fully saturated rings. The topological polar surface area (TPSA) is 230 Å². The molecular formula is C38H39ClN2O15. The number of carbonyl (C=O) groups excluding carboxylic acids is 4. The molecule has 0 unspecified atom stereocenters. The van der Waals surface area contributed by atoms with E-state index < -0.39 is 21.4 Å². The van der Waals surface area contributed by atoms with Crippen LogP contribution in [0.3, 0.4) is 0 Å². The van der Waals surface area contributed by atoms with E-state index in [1.54, 1.807) is 50.2 Å². The Morgan fingerprint density at radius 2 is 1.12 bits per heavy atom. The lowest BCUT2D eigenvalue weighted by Gasteiger charge is -2.09. The van der Waals surface area contributed by atoms with Crippen molar-refractivity contribution in [2.45, 2.75) is 39.5 Å². The monoisotopic (exact) mass is 798 g/mol. The highest BCUT2D eigenvalue weighted by Crippen LogP contribution is 2.23. The summed E-state index contributed by atoms with van der Waals surface area (Å²) in [5.41, 5.74) is 1.81. The Labute approximate surface area is 325 Å². The lowest BCUT2D eigenvalue weighted by atomic mass is 10.1. The van der Waals surface area contributed by atoms with E-state index in [0.29, 0.717) is 5.56 Å². The Hall–Kier alpha value is -6.59. The molecule has 298 valence electrons. The summed E-state index contributed by atoms with van der Waals surface area (Å²) in [5.74, 6) is 0.172. The van der Waals surface area contributed by atoms with E-state index in [1.165, 1.54) is 75.6 Å². The molecule has 1 aliphatic rings. The summed E-state index contributed by atoms with van der Waals surface area (Å²) < 4.78 is 28.6. The number of rotatable bonds is 9. The molecule has 1 saturated heterocycles. The number of ether oxygens (including phenoxy) is 6. The van der Waals surface area contributed by atoms with Crippen molar-refractivity contribution < 1.29 is 62.6 Å². The van der Waals surface area contributed by atoms with Crippen LogP contribution in [0, 0.1) is 34.1 Å². The highest BCUT2D eigenvalue weighted by Gasteiger charge is 2.13. The SMILES string of the molecule is C1CCOC1.COC(=O)Cc1ccc(O)c(C)c1.COC(=O)Cc1ccc(OC(=O)Oc2ccc([N+](=O)[O-])cc2)c(C)c1.O=C(Cl)Oc1ccc([N+](=O)[O-])cc1. The van der Waals surface area contributed by atoms with Gasteiger partial charge in [0.25, 0.3) is 11.4 Å². The van der Waals surface area contributed by atoms with Gasteiger partial charge in [-0.3, -0.25) is 29.8 Å². The first-order chi connectivity index (χ1) is 26.6. The standard InChI is InChI=1S/C17H15NO7.C10H12O3.C7H4ClNO4.C4H8O/c1-11-9-12(10-16(19)23-2)3-8-15(11)25-17(20)24-14-6-4-13(5-7-14)18(21)22;1-7-5-8(3-4-9(7)11)6-10(12)13-2;8-7(10)13-6-3-1-5(2-4-6)9(11)12;1-2-4-5-3-1/h3-9H,10H2,1-2H3;3-5,11H,6H2,1-2H3;1-4H;1-4H2. The molecule has 17 nitrogen and oxygen atoms in total. The number of nitro benzene ring substituents is 2. The van der Waals surface area contributed by atoms with Crippen LogP contribution in [-0.4, -0.2) is 65.9 Å². The van der Waals surface area contributed by atoms with Crippen molar-refractivity contribution in [1.29, 1.82) is 0 Å². The van der Waals surface area contributed by atoms with E-state index in [4.69, 9.17) is 25.8 Å². The first-order valence-corrected chi connectivity index (χ1v) is 16.8. The van der Waals surface area contributed by atoms with Gasteiger partial charge in [0.05, 0.1) is 36.9 Å². The van der Waals surface area contributed by atoms with Crippen LogP contribution in [0.15, 0.2) is 84.9 Å². The number of benzene rings is 4. The van der Waals surface area contributed by atoms with Gasteiger partial charge in [-0.25, -0.2) is 9.59 Å². The van der Waals surface area contributed by atoms with Crippen LogP contribution in [0.25, 0.3) is 0 Å². The fourth-order valence-electron chi connectivity index (χ4n) is 4.32. The number of aryl methyl sites for hydroxylation is 2. The van der Waals surface area contributed by atoms with Gasteiger partial charge in [0.15, 0.2) is 0 Å². The zero-order chi connectivity index (χ0) is 41.6. The van der Waals surface area contributed by atoms with Crippen molar-refractivity contribution in [3.05, 3.63) is 127 Å². The van der Waals surface area contributed by atoms with Gasteiger partial charge in [0.1, 0.15) is 23.0 Å². The first kappa shape index (κ1) is 45.6. The number of esters is 2. The van der Waals surface area contributed by atoms with Crippen molar-refractivity contribution >= 4 is 46.5 Å². The zero-order valence-corrected chi connectivity index (χ0v) is 31.5. The van der Waals surface area contributed by atoms with Gasteiger partial charge in [0, 0.05) is 49.1 Å². The number of methoxy groups -OCH3 is 2. The molecule has 0 atom stereocenters. The Kier molecular flexibility index (Phi) is 19.5. The van der Waals surface area contributed by atoms with Crippen molar-refractivity contribution in [3.63, 3.8) is 0 Å². The number of hydrogen-bond donors (Lipinski definition) is 1. The van der Waals surface area contributed by atoms with Crippen LogP contribution >= 0.6 is 11.6 Å². The normalized spacial score (nSPS) is 11.0. The second-order valence-corrected chi connectivity index (χ2v) is 11.7. The average molecular weight is 799 g/mol. The van der Waals surface area contributed by atoms with Crippen LogP contribution in [0.2, 0.25) is 0 Å². The third kappa shape index (κ3) is 17.5. The zero-order valence-electron chi connectivity index (χ0n) is 30.8. The fraction of sp³-hybridized carbons (Fsp3) is 0.263. The molecule has 4 aromatic rings. The van der Waals surface area contributed by atoms with Gasteiger partial charge in [-0.2, -0.15) is 0 Å². The molecule has 0 spiro atoms. The van der Waals surface area contributed by atoms with E-state index in [0.717, 1.165) is 29.9 Å². The minimum Gasteiger partial charge on any atom is -0.508 e. The van der Waals surface area contributed by atoms with E-state index in [-0.39, 0.29) is 59.2 Å². The third-order valence-electron chi connectivity index (χ3n) is 7.17. The van der Waals surface area contributed by atoms with Crippen molar-refractivity contribution in [3.8, 4) is 23.0 Å². The van der Waals surface area contributed by atoms with Gasteiger partial charge in [0.2, 0.25) is 0 Å². The molecular weight excluding hydrogens is 760 g/mol. The van der Waals surface area contributed by atoms with Crippen molar-refractivity contribution in [2.24, 2.45) is 0 Å². The summed E-state index contributed by atoms with van der Waals surface area (Å²) in [6, 6.07) is 20.0. The molecule has 56 heavy (non-hydrogen) atoms. The maximum atomic E-state index is 11.8. The smallest absolute Gasteiger partial charge is 0.508 e. The van der Waals surface area contributed by atoms with Crippen LogP contribution in [0.1, 0.15) is 35.1 Å². The van der Waals surface area contributed by atoms with Crippen LogP contribution in [0.4, 0.5) is 21.0 Å². The lowest BCUT2D eigenvalue weighted by molar-refractivity contribution is -0.385. The lowest BCUT2D eigenvalue weighted by Crippen LogP contribution is -2.14. The summed E-state index contributed by atoms with van der Waals surface area (Å²) in [4.78, 5) is 63.9. The molecule has 1 aliphatic heterocycles. The Morgan fingerprint density at radius 1 is 0.679 bits per heavy atom. The fourth-order valence-corrected chi connectivity index (χ4v) is 4.41. The number of phenolic OH excluding ortho intramolecular Hbond substituents is 1. The number of nitro groups is 2. The number of phenols is 1. The van der Waals surface area contributed by atoms with Crippen LogP contribution in [-0.2, 0) is 36.6 Å². The first-order valence-electron chi connectivity index (χ1n) is 16.5. The van der Waals surface area contributed by atoms with Gasteiger partial charge >= 0.3 is 23.5 Å². The van der Waals surface area contributed by atoms with Crippen LogP contribution in [0.5, 0.6) is 23.0 Å². The predicted molar refractivity (Wildman–Crippen MR) is 200 cm³/mol. The average Bonchev–Trinajstić information content (AvgIpc) is 3.76. The molecule has 4 aromatic carbocycles. The molecule has 0 radical (unpaired) electrons. The number of hydrogen-bond acceptors (Lipinski definition) is 15. The summed E-state index contributed by atoms with van der Waals surface area (Å²) in [7, 11) is 2.66. The Morgan fingerprint density at radius 3 is 1.50 bits per heavy atom. The van der Waals surface area contributed by atoms with Gasteiger partial charge in [-0.1, -0.05) is 24.3 Å². The minimum absolute atomic E-state index is 0.0747. The summed E-state index contributed by atoms with van der Waals surface area (Å²) in [5, 5.41) is 30.0. The van der Waals surface area contributed by atoms with E-state index in [2.05, 4.69) is 14.2 Å². The molecule has 0 amide bonds. The maximum absolute atomic E-state index is 11.8. The maximum Gasteiger partial charge on any atom is 0.519 e. The number of aromatic hydroxyl groups is 1. The number of nitrogens with zero attached hydrogens (tertiary/aromatic N) is 2. The second kappa shape index (κ2) is 23.9. The van der Waals surface area contributed by atoms with Gasteiger partial charge in [-0.05, 0) is 85.3 Å². The molecule has 0 saturated carbocycles. The Balaban J connectivity index is 0.000000293. The summed E-state index contributed by atoms with van der Waals surface area (Å²) in [6.45, 7) is 5.51. The highest BCUT2D eigenvalue weighted by atomic mass is 35.5. The number of halogens is 1. The number of carbonyl (C=O) groups is 4. The molecule has 1 heterocycles.